The molecule has 0 spiro atoms. The third-order valence-electron chi connectivity index (χ3n) is 2.16. The fraction of sp³-hybridized carbons (Fsp3) is 0.333. The fourth-order valence-electron chi connectivity index (χ4n) is 1.28. The molecule has 3 nitrogen and oxygen atoms in total. The van der Waals surface area contributed by atoms with E-state index in [1.54, 1.807) is 36.0 Å². The Kier molecular flexibility index (Phi) is 5.88. The van der Waals surface area contributed by atoms with Crippen LogP contribution in [0.15, 0.2) is 24.3 Å². The normalized spacial score (nSPS) is 11.6. The van der Waals surface area contributed by atoms with Crippen LogP contribution < -0.4 is 5.32 Å². The van der Waals surface area contributed by atoms with Crippen LogP contribution in [0.5, 0.6) is 0 Å². The van der Waals surface area contributed by atoms with Crippen molar-refractivity contribution >= 4 is 29.3 Å². The maximum atomic E-state index is 11.8. The van der Waals surface area contributed by atoms with Gasteiger partial charge in [-0.25, -0.2) is 0 Å². The number of rotatable bonds is 5. The molecule has 90 valence electrons. The summed E-state index contributed by atoms with van der Waals surface area (Å²) in [7, 11) is 0. The van der Waals surface area contributed by atoms with E-state index in [0.717, 1.165) is 5.75 Å². The molecule has 0 heterocycles. The highest BCUT2D eigenvalue weighted by Gasteiger charge is 2.12. The van der Waals surface area contributed by atoms with Crippen molar-refractivity contribution < 1.29 is 4.79 Å². The molecule has 0 fully saturated rings. The highest BCUT2D eigenvalue weighted by molar-refractivity contribution is 7.98. The molecule has 5 heteroatoms. The molecule has 0 aliphatic carbocycles. The summed E-state index contributed by atoms with van der Waals surface area (Å²) in [5, 5.41) is 12.1. The predicted octanol–water partition coefficient (Wildman–Crippen LogP) is 2.72. The Morgan fingerprint density at radius 2 is 2.41 bits per heavy atom. The second kappa shape index (κ2) is 7.21. The summed E-state index contributed by atoms with van der Waals surface area (Å²) in [5.74, 6) is 0.578. The highest BCUT2D eigenvalue weighted by atomic mass is 35.5. The molecule has 1 atom stereocenters. The lowest BCUT2D eigenvalue weighted by molar-refractivity contribution is 0.0945. The molecule has 0 bridgehead atoms. The van der Waals surface area contributed by atoms with Gasteiger partial charge >= 0.3 is 0 Å². The van der Waals surface area contributed by atoms with Crippen LogP contribution in [0.25, 0.3) is 0 Å². The van der Waals surface area contributed by atoms with Crippen molar-refractivity contribution in [3.8, 4) is 6.07 Å². The molecule has 0 aliphatic heterocycles. The van der Waals surface area contributed by atoms with Crippen LogP contribution >= 0.6 is 23.4 Å². The first-order valence-corrected chi connectivity index (χ1v) is 6.89. The van der Waals surface area contributed by atoms with Gasteiger partial charge in [-0.15, -0.1) is 0 Å². The third kappa shape index (κ3) is 4.68. The molecule has 1 aromatic carbocycles. The summed E-state index contributed by atoms with van der Waals surface area (Å²) >= 11 is 7.44. The van der Waals surface area contributed by atoms with E-state index in [0.29, 0.717) is 17.0 Å². The van der Waals surface area contributed by atoms with Crippen LogP contribution in [0.4, 0.5) is 0 Å². The molecule has 17 heavy (non-hydrogen) atoms. The van der Waals surface area contributed by atoms with Crippen molar-refractivity contribution in [2.75, 3.05) is 12.0 Å². The number of carbonyl (C=O) groups is 1. The van der Waals surface area contributed by atoms with E-state index >= 15 is 0 Å². The van der Waals surface area contributed by atoms with Crippen LogP contribution in [0.3, 0.4) is 0 Å². The number of hydrogen-bond acceptors (Lipinski definition) is 3. The van der Waals surface area contributed by atoms with E-state index in [2.05, 4.69) is 11.4 Å². The van der Waals surface area contributed by atoms with Crippen molar-refractivity contribution in [2.24, 2.45) is 0 Å². The Bertz CT molecular complexity index is 431. The number of halogens is 1. The number of hydrogen-bond donors (Lipinski definition) is 1. The molecule has 1 amide bonds. The second-order valence-corrected chi connectivity index (χ2v) is 4.87. The topological polar surface area (TPSA) is 52.9 Å². The maximum Gasteiger partial charge on any atom is 0.252 e. The molecular formula is C12H13ClN2OS. The lowest BCUT2D eigenvalue weighted by Gasteiger charge is -2.10. The van der Waals surface area contributed by atoms with Crippen LogP contribution in [0.1, 0.15) is 16.8 Å². The molecule has 1 rings (SSSR count). The van der Waals surface area contributed by atoms with Crippen molar-refractivity contribution in [1.82, 2.24) is 5.32 Å². The quantitative estimate of drug-likeness (QED) is 0.893. The average molecular weight is 269 g/mol. The number of amides is 1. The summed E-state index contributed by atoms with van der Waals surface area (Å²) in [4.78, 5) is 11.8. The summed E-state index contributed by atoms with van der Waals surface area (Å²) in [6.07, 6.45) is 2.61. The van der Waals surface area contributed by atoms with Gasteiger partial charge in [0.25, 0.3) is 5.91 Å². The third-order valence-corrected chi connectivity index (χ3v) is 3.04. The van der Waals surface area contributed by atoms with Gasteiger partial charge in [0.05, 0.1) is 6.07 Å². The van der Waals surface area contributed by atoms with Gasteiger partial charge in [0, 0.05) is 10.6 Å². The van der Waals surface area contributed by atoms with Crippen LogP contribution in [-0.2, 0) is 0 Å². The van der Waals surface area contributed by atoms with Gasteiger partial charge in [0.2, 0.25) is 0 Å². The number of nitrogens with zero attached hydrogens (tertiary/aromatic N) is 1. The minimum absolute atomic E-state index is 0.264. The first-order chi connectivity index (χ1) is 8.17. The minimum atomic E-state index is -0.450. The highest BCUT2D eigenvalue weighted by Crippen LogP contribution is 2.11. The van der Waals surface area contributed by atoms with E-state index in [1.165, 1.54) is 0 Å². The molecule has 1 aromatic rings. The number of nitriles is 1. The van der Waals surface area contributed by atoms with Gasteiger partial charge in [-0.1, -0.05) is 17.7 Å². The maximum absolute atomic E-state index is 11.8. The SMILES string of the molecule is CSCCC(C#N)NC(=O)c1cccc(Cl)c1. The van der Waals surface area contributed by atoms with Crippen molar-refractivity contribution in [1.29, 1.82) is 5.26 Å². The van der Waals surface area contributed by atoms with Crippen LogP contribution in [-0.4, -0.2) is 24.0 Å². The Morgan fingerprint density at radius 1 is 1.65 bits per heavy atom. The van der Waals surface area contributed by atoms with Gasteiger partial charge in [0.1, 0.15) is 6.04 Å². The fourth-order valence-corrected chi connectivity index (χ4v) is 1.94. The second-order valence-electron chi connectivity index (χ2n) is 3.45. The van der Waals surface area contributed by atoms with Gasteiger partial charge in [0.15, 0.2) is 0 Å². The summed E-state index contributed by atoms with van der Waals surface area (Å²) in [6.45, 7) is 0. The van der Waals surface area contributed by atoms with E-state index < -0.39 is 6.04 Å². The Labute approximate surface area is 110 Å². The Morgan fingerprint density at radius 3 is 3.00 bits per heavy atom. The first-order valence-electron chi connectivity index (χ1n) is 5.12. The monoisotopic (exact) mass is 268 g/mol. The number of thioether (sulfide) groups is 1. The van der Waals surface area contributed by atoms with Gasteiger partial charge in [-0.3, -0.25) is 4.79 Å². The van der Waals surface area contributed by atoms with Gasteiger partial charge in [-0.05, 0) is 36.6 Å². The molecule has 0 saturated carbocycles. The van der Waals surface area contributed by atoms with E-state index in [-0.39, 0.29) is 5.91 Å². The number of benzene rings is 1. The molecule has 0 radical (unpaired) electrons. The zero-order chi connectivity index (χ0) is 12.7. The van der Waals surface area contributed by atoms with Crippen molar-refractivity contribution in [2.45, 2.75) is 12.5 Å². The standard InChI is InChI=1S/C12H13ClN2OS/c1-17-6-5-11(8-14)15-12(16)9-3-2-4-10(13)7-9/h2-4,7,11H,5-6H2,1H3,(H,15,16). The number of carbonyl (C=O) groups excluding carboxylic acids is 1. The summed E-state index contributed by atoms with van der Waals surface area (Å²) in [6, 6.07) is 8.29. The molecule has 0 saturated heterocycles. The lowest BCUT2D eigenvalue weighted by Crippen LogP contribution is -2.34. The minimum Gasteiger partial charge on any atom is -0.336 e. The van der Waals surface area contributed by atoms with E-state index in [9.17, 15) is 4.79 Å². The summed E-state index contributed by atoms with van der Waals surface area (Å²) in [5.41, 5.74) is 0.474. The molecule has 1 unspecified atom stereocenters. The van der Waals surface area contributed by atoms with E-state index in [4.69, 9.17) is 16.9 Å². The van der Waals surface area contributed by atoms with Gasteiger partial charge < -0.3 is 5.32 Å². The lowest BCUT2D eigenvalue weighted by atomic mass is 10.2. The van der Waals surface area contributed by atoms with Crippen molar-refractivity contribution in [3.63, 3.8) is 0 Å². The zero-order valence-corrected chi connectivity index (χ0v) is 11.0. The Balaban J connectivity index is 2.62. The van der Waals surface area contributed by atoms with Gasteiger partial charge in [-0.2, -0.15) is 17.0 Å². The van der Waals surface area contributed by atoms with Crippen LogP contribution in [0, 0.1) is 11.3 Å². The number of nitrogens with one attached hydrogen (secondary N) is 1. The smallest absolute Gasteiger partial charge is 0.252 e. The molecular weight excluding hydrogens is 256 g/mol. The average Bonchev–Trinajstić information content (AvgIpc) is 2.34. The molecule has 0 aromatic heterocycles. The molecule has 0 aliphatic rings. The summed E-state index contributed by atoms with van der Waals surface area (Å²) < 4.78 is 0. The van der Waals surface area contributed by atoms with Crippen molar-refractivity contribution in [3.05, 3.63) is 34.9 Å². The first kappa shape index (κ1) is 13.9. The largest absolute Gasteiger partial charge is 0.336 e. The molecule has 1 N–H and O–H groups in total. The van der Waals surface area contributed by atoms with E-state index in [1.807, 2.05) is 6.26 Å². The predicted molar refractivity (Wildman–Crippen MR) is 71.3 cm³/mol. The Hall–Kier alpha value is -1.18. The zero-order valence-electron chi connectivity index (χ0n) is 9.44. The van der Waals surface area contributed by atoms with Crippen LogP contribution in [0.2, 0.25) is 5.02 Å².